The molecular weight excluding hydrogens is 388 g/mol. The molecule has 2 amide bonds. The van der Waals surface area contributed by atoms with Crippen LogP contribution in [-0.2, 0) is 14.4 Å². The molecule has 0 aromatic carbocycles. The van der Waals surface area contributed by atoms with E-state index in [1.807, 2.05) is 0 Å². The van der Waals surface area contributed by atoms with Gasteiger partial charge < -0.3 is 14.4 Å². The Bertz CT molecular complexity index is 767. The van der Waals surface area contributed by atoms with Gasteiger partial charge in [0.15, 0.2) is 0 Å². The summed E-state index contributed by atoms with van der Waals surface area (Å²) in [4.78, 5) is 39.5. The number of carboxylic acids is 1. The Balaban J connectivity index is 1.46. The van der Waals surface area contributed by atoms with E-state index in [2.05, 4.69) is 0 Å². The van der Waals surface area contributed by atoms with E-state index in [1.54, 1.807) is 23.1 Å². The van der Waals surface area contributed by atoms with Crippen molar-refractivity contribution in [2.75, 3.05) is 19.6 Å². The largest absolute Gasteiger partial charge is 0.481 e. The minimum absolute atomic E-state index is 0.00425. The zero-order valence-electron chi connectivity index (χ0n) is 14.6. The summed E-state index contributed by atoms with van der Waals surface area (Å²) >= 11 is 6.51. The molecular formula is C18H20N2O5S2. The quantitative estimate of drug-likeness (QED) is 0.571. The molecule has 0 aliphatic carbocycles. The van der Waals surface area contributed by atoms with Crippen molar-refractivity contribution in [3.8, 4) is 0 Å². The maximum Gasteiger partial charge on any atom is 0.306 e. The highest BCUT2D eigenvalue weighted by atomic mass is 32.2. The van der Waals surface area contributed by atoms with Gasteiger partial charge in [-0.25, -0.2) is 0 Å². The number of piperidine rings is 1. The van der Waals surface area contributed by atoms with Crippen LogP contribution in [0, 0.1) is 5.92 Å². The minimum Gasteiger partial charge on any atom is -0.481 e. The predicted molar refractivity (Wildman–Crippen MR) is 105 cm³/mol. The first kappa shape index (κ1) is 19.6. The average Bonchev–Trinajstić information content (AvgIpc) is 3.25. The zero-order valence-corrected chi connectivity index (χ0v) is 16.3. The molecule has 1 aromatic heterocycles. The molecule has 7 nitrogen and oxygen atoms in total. The number of thioether (sulfide) groups is 1. The van der Waals surface area contributed by atoms with Gasteiger partial charge in [0.2, 0.25) is 5.91 Å². The van der Waals surface area contributed by atoms with E-state index in [9.17, 15) is 14.4 Å². The lowest BCUT2D eigenvalue weighted by molar-refractivity contribution is -0.145. The third-order valence-electron chi connectivity index (χ3n) is 4.66. The SMILES string of the molecule is O=C(O)C1CCN(C(=O)CCCN2C(=O)/C(=C\c3ccco3)SC2=S)CC1. The third kappa shape index (κ3) is 4.78. The highest BCUT2D eigenvalue weighted by Crippen LogP contribution is 2.32. The second-order valence-corrected chi connectivity index (χ2v) is 8.12. The molecule has 0 unspecified atom stereocenters. The van der Waals surface area contributed by atoms with E-state index < -0.39 is 5.97 Å². The average molecular weight is 409 g/mol. The van der Waals surface area contributed by atoms with Crippen LogP contribution in [0.4, 0.5) is 0 Å². The number of hydrogen-bond acceptors (Lipinski definition) is 6. The van der Waals surface area contributed by atoms with Crippen molar-refractivity contribution in [1.29, 1.82) is 0 Å². The van der Waals surface area contributed by atoms with E-state index >= 15 is 0 Å². The number of carboxylic acid groups (broad SMARTS) is 1. The minimum atomic E-state index is -0.793. The lowest BCUT2D eigenvalue weighted by Gasteiger charge is -2.30. The topological polar surface area (TPSA) is 91.1 Å². The first-order valence-electron chi connectivity index (χ1n) is 8.75. The number of carbonyl (C=O) groups is 3. The van der Waals surface area contributed by atoms with E-state index in [0.29, 0.717) is 60.3 Å². The lowest BCUT2D eigenvalue weighted by atomic mass is 9.97. The number of thiocarbonyl (C=S) groups is 1. The van der Waals surface area contributed by atoms with E-state index in [1.165, 1.54) is 22.9 Å². The smallest absolute Gasteiger partial charge is 0.306 e. The van der Waals surface area contributed by atoms with Crippen LogP contribution in [0.25, 0.3) is 6.08 Å². The number of amides is 2. The molecule has 0 bridgehead atoms. The standard InChI is InChI=1S/C18H20N2O5S2/c21-15(19-8-5-12(6-9-19)17(23)24)4-1-7-20-16(22)14(27-18(20)26)11-13-3-2-10-25-13/h2-3,10-12H,1,4-9H2,(H,23,24)/b14-11+. The van der Waals surface area contributed by atoms with E-state index in [0.717, 1.165) is 0 Å². The summed E-state index contributed by atoms with van der Waals surface area (Å²) in [6.45, 7) is 1.34. The van der Waals surface area contributed by atoms with Crippen LogP contribution in [-0.4, -0.2) is 56.6 Å². The van der Waals surface area contributed by atoms with Gasteiger partial charge in [-0.2, -0.15) is 0 Å². The van der Waals surface area contributed by atoms with Gasteiger partial charge in [0.05, 0.1) is 17.1 Å². The third-order valence-corrected chi connectivity index (χ3v) is 6.04. The first-order valence-corrected chi connectivity index (χ1v) is 9.97. The Morgan fingerprint density at radius 3 is 2.74 bits per heavy atom. The van der Waals surface area contributed by atoms with Crippen molar-refractivity contribution < 1.29 is 23.9 Å². The number of hydrogen-bond donors (Lipinski definition) is 1. The van der Waals surface area contributed by atoms with Crippen molar-refractivity contribution in [3.63, 3.8) is 0 Å². The second-order valence-electron chi connectivity index (χ2n) is 6.45. The fourth-order valence-electron chi connectivity index (χ4n) is 3.12. The highest BCUT2D eigenvalue weighted by Gasteiger charge is 2.32. The van der Waals surface area contributed by atoms with Crippen molar-refractivity contribution in [3.05, 3.63) is 29.1 Å². The Hall–Kier alpha value is -2.13. The summed E-state index contributed by atoms with van der Waals surface area (Å²) in [5.74, 6) is -0.730. The fourth-order valence-corrected chi connectivity index (χ4v) is 4.41. The number of rotatable bonds is 6. The molecule has 0 saturated carbocycles. The van der Waals surface area contributed by atoms with E-state index in [-0.39, 0.29) is 17.7 Å². The summed E-state index contributed by atoms with van der Waals surface area (Å²) in [5, 5.41) is 9.01. The van der Waals surface area contributed by atoms with Crippen LogP contribution in [0.5, 0.6) is 0 Å². The van der Waals surface area contributed by atoms with Crippen LogP contribution in [0.15, 0.2) is 27.7 Å². The molecule has 1 N–H and O–H groups in total. The van der Waals surface area contributed by atoms with Gasteiger partial charge in [0.1, 0.15) is 10.1 Å². The van der Waals surface area contributed by atoms with Crippen LogP contribution >= 0.6 is 24.0 Å². The van der Waals surface area contributed by atoms with Gasteiger partial charge in [-0.15, -0.1) is 0 Å². The highest BCUT2D eigenvalue weighted by molar-refractivity contribution is 8.26. The number of likely N-dealkylation sites (tertiary alicyclic amines) is 1. The van der Waals surface area contributed by atoms with Gasteiger partial charge >= 0.3 is 5.97 Å². The first-order chi connectivity index (χ1) is 13.0. The Morgan fingerprint density at radius 2 is 2.11 bits per heavy atom. The van der Waals surface area contributed by atoms with Crippen molar-refractivity contribution in [2.45, 2.75) is 25.7 Å². The molecule has 3 heterocycles. The summed E-state index contributed by atoms with van der Waals surface area (Å²) in [6.07, 6.45) is 5.01. The Morgan fingerprint density at radius 1 is 1.37 bits per heavy atom. The second kappa shape index (κ2) is 8.71. The molecule has 144 valence electrons. The molecule has 9 heteroatoms. The van der Waals surface area contributed by atoms with Gasteiger partial charge in [0.25, 0.3) is 5.91 Å². The molecule has 0 spiro atoms. The maximum absolute atomic E-state index is 12.5. The number of furan rings is 1. The summed E-state index contributed by atoms with van der Waals surface area (Å²) in [7, 11) is 0. The molecule has 1 aromatic rings. The summed E-state index contributed by atoms with van der Waals surface area (Å²) in [5.41, 5.74) is 0. The Kier molecular flexibility index (Phi) is 6.33. The molecule has 2 fully saturated rings. The van der Waals surface area contributed by atoms with Crippen molar-refractivity contribution in [1.82, 2.24) is 9.80 Å². The van der Waals surface area contributed by atoms with Gasteiger partial charge in [-0.1, -0.05) is 24.0 Å². The van der Waals surface area contributed by atoms with Crippen LogP contribution in [0.1, 0.15) is 31.4 Å². The van der Waals surface area contributed by atoms with Crippen molar-refractivity contribution in [2.24, 2.45) is 5.92 Å². The van der Waals surface area contributed by atoms with Crippen molar-refractivity contribution >= 4 is 52.2 Å². The van der Waals surface area contributed by atoms with E-state index in [4.69, 9.17) is 21.7 Å². The summed E-state index contributed by atoms with van der Waals surface area (Å²) in [6, 6.07) is 3.51. The fraction of sp³-hybridized carbons (Fsp3) is 0.444. The molecule has 2 aliphatic heterocycles. The molecule has 2 aliphatic rings. The zero-order chi connectivity index (χ0) is 19.4. The van der Waals surface area contributed by atoms with Gasteiger partial charge in [0, 0.05) is 32.1 Å². The molecule has 2 saturated heterocycles. The number of aliphatic carboxylic acids is 1. The lowest BCUT2D eigenvalue weighted by Crippen LogP contribution is -2.40. The monoisotopic (exact) mass is 408 g/mol. The molecule has 0 radical (unpaired) electrons. The van der Waals surface area contributed by atoms with Gasteiger partial charge in [-0.05, 0) is 31.4 Å². The Labute approximate surface area is 166 Å². The molecule has 0 atom stereocenters. The molecule has 27 heavy (non-hydrogen) atoms. The van der Waals surface area contributed by atoms with Crippen LogP contribution in [0.3, 0.4) is 0 Å². The normalized spacial score (nSPS) is 19.9. The van der Waals surface area contributed by atoms with Crippen LogP contribution in [0.2, 0.25) is 0 Å². The number of carbonyl (C=O) groups excluding carboxylic acids is 2. The predicted octanol–water partition coefficient (Wildman–Crippen LogP) is 2.58. The maximum atomic E-state index is 12.5. The molecule has 3 rings (SSSR count). The number of nitrogens with zero attached hydrogens (tertiary/aromatic N) is 2. The van der Waals surface area contributed by atoms with Gasteiger partial charge in [-0.3, -0.25) is 19.3 Å². The summed E-state index contributed by atoms with van der Waals surface area (Å²) < 4.78 is 5.70. The van der Waals surface area contributed by atoms with Crippen LogP contribution < -0.4 is 0 Å².